The summed E-state index contributed by atoms with van der Waals surface area (Å²) in [5, 5.41) is 6.61. The maximum absolute atomic E-state index is 5.87. The molecule has 2 heterocycles. The average molecular weight is 246 g/mol. The number of nitrogens with zero attached hydrogens (tertiary/aromatic N) is 2. The van der Waals surface area contributed by atoms with Crippen LogP contribution in [0.1, 0.15) is 17.8 Å². The fourth-order valence-electron chi connectivity index (χ4n) is 1.22. The zero-order valence-electron chi connectivity index (χ0n) is 7.40. The standard InChI is InChI=1S/C8H8ClN3S2/c1-5(6-2-3-7(9)14-6)12-4-10-11-8(12)13/h2-5H,1H3,(H,11,13). The number of H-pyrrole nitrogens is 1. The van der Waals surface area contributed by atoms with Crippen LogP contribution in [0.15, 0.2) is 18.5 Å². The van der Waals surface area contributed by atoms with Gasteiger partial charge in [-0.25, -0.2) is 0 Å². The summed E-state index contributed by atoms with van der Waals surface area (Å²) in [5.74, 6) is 0. The monoisotopic (exact) mass is 245 g/mol. The lowest BCUT2D eigenvalue weighted by atomic mass is 10.3. The van der Waals surface area contributed by atoms with Gasteiger partial charge in [0, 0.05) is 4.88 Å². The molecular weight excluding hydrogens is 238 g/mol. The van der Waals surface area contributed by atoms with E-state index in [0.29, 0.717) is 4.77 Å². The zero-order valence-corrected chi connectivity index (χ0v) is 9.79. The third-order valence-corrected chi connectivity index (χ3v) is 3.70. The molecule has 1 N–H and O–H groups in total. The van der Waals surface area contributed by atoms with Crippen LogP contribution < -0.4 is 0 Å². The molecule has 0 fully saturated rings. The average Bonchev–Trinajstić information content (AvgIpc) is 2.73. The highest BCUT2D eigenvalue weighted by atomic mass is 35.5. The smallest absolute Gasteiger partial charge is 0.195 e. The summed E-state index contributed by atoms with van der Waals surface area (Å²) in [4.78, 5) is 1.17. The van der Waals surface area contributed by atoms with Crippen molar-refractivity contribution >= 4 is 35.2 Å². The molecule has 0 radical (unpaired) electrons. The van der Waals surface area contributed by atoms with Crippen LogP contribution in [0.5, 0.6) is 0 Å². The van der Waals surface area contributed by atoms with Gasteiger partial charge in [0.05, 0.1) is 10.4 Å². The lowest BCUT2D eigenvalue weighted by molar-refractivity contribution is 0.639. The fraction of sp³-hybridized carbons (Fsp3) is 0.250. The van der Waals surface area contributed by atoms with Crippen molar-refractivity contribution in [1.29, 1.82) is 0 Å². The molecule has 14 heavy (non-hydrogen) atoms. The number of hydrogen-bond donors (Lipinski definition) is 1. The van der Waals surface area contributed by atoms with Gasteiger partial charge in [0.1, 0.15) is 6.33 Å². The maximum atomic E-state index is 5.87. The molecule has 0 saturated carbocycles. The normalized spacial score (nSPS) is 13.0. The fourth-order valence-corrected chi connectivity index (χ4v) is 2.59. The molecule has 74 valence electrons. The van der Waals surface area contributed by atoms with E-state index in [1.165, 1.54) is 4.88 Å². The third-order valence-electron chi connectivity index (χ3n) is 2.00. The van der Waals surface area contributed by atoms with Crippen LogP contribution in [0.2, 0.25) is 4.34 Å². The number of aromatic nitrogens is 3. The van der Waals surface area contributed by atoms with Crippen molar-refractivity contribution in [2.45, 2.75) is 13.0 Å². The van der Waals surface area contributed by atoms with Gasteiger partial charge in [-0.1, -0.05) is 11.6 Å². The molecule has 2 aromatic rings. The Hall–Kier alpha value is -0.650. The number of hydrogen-bond acceptors (Lipinski definition) is 3. The van der Waals surface area contributed by atoms with Gasteiger partial charge in [-0.05, 0) is 31.3 Å². The Morgan fingerprint density at radius 3 is 2.93 bits per heavy atom. The highest BCUT2D eigenvalue weighted by Crippen LogP contribution is 2.28. The highest BCUT2D eigenvalue weighted by molar-refractivity contribution is 7.71. The first-order valence-corrected chi connectivity index (χ1v) is 5.65. The van der Waals surface area contributed by atoms with Gasteiger partial charge < -0.3 is 0 Å². The molecule has 2 aromatic heterocycles. The molecule has 0 bridgehead atoms. The van der Waals surface area contributed by atoms with E-state index in [4.69, 9.17) is 23.8 Å². The molecular formula is C8H8ClN3S2. The molecule has 2 rings (SSSR count). The zero-order chi connectivity index (χ0) is 10.1. The van der Waals surface area contributed by atoms with Crippen LogP contribution in [0, 0.1) is 4.77 Å². The lowest BCUT2D eigenvalue weighted by Crippen LogP contribution is -2.03. The summed E-state index contributed by atoms with van der Waals surface area (Å²) >= 11 is 12.5. The predicted molar refractivity (Wildman–Crippen MR) is 60.6 cm³/mol. The largest absolute Gasteiger partial charge is 0.299 e. The van der Waals surface area contributed by atoms with Gasteiger partial charge in [-0.2, -0.15) is 5.10 Å². The molecule has 0 spiro atoms. The first-order valence-electron chi connectivity index (χ1n) is 4.05. The van der Waals surface area contributed by atoms with Crippen molar-refractivity contribution in [2.75, 3.05) is 0 Å². The summed E-state index contributed by atoms with van der Waals surface area (Å²) in [5.41, 5.74) is 0. The minimum Gasteiger partial charge on any atom is -0.299 e. The summed E-state index contributed by atoms with van der Waals surface area (Å²) < 4.78 is 3.32. The van der Waals surface area contributed by atoms with Gasteiger partial charge in [-0.15, -0.1) is 11.3 Å². The van der Waals surface area contributed by atoms with E-state index in [1.54, 1.807) is 17.7 Å². The summed E-state index contributed by atoms with van der Waals surface area (Å²) in [7, 11) is 0. The minimum absolute atomic E-state index is 0.179. The van der Waals surface area contributed by atoms with E-state index >= 15 is 0 Å². The Labute approximate surface area is 95.3 Å². The van der Waals surface area contributed by atoms with E-state index in [2.05, 4.69) is 17.1 Å². The number of thiophene rings is 1. The predicted octanol–water partition coefficient (Wildman–Crippen LogP) is 3.26. The number of halogens is 1. The van der Waals surface area contributed by atoms with Gasteiger partial charge in [-0.3, -0.25) is 9.67 Å². The summed E-state index contributed by atoms with van der Waals surface area (Å²) in [6.45, 7) is 2.06. The van der Waals surface area contributed by atoms with Gasteiger partial charge in [0.15, 0.2) is 4.77 Å². The molecule has 0 amide bonds. The SMILES string of the molecule is CC(c1ccc(Cl)s1)n1cn[nH]c1=S. The van der Waals surface area contributed by atoms with Crippen molar-refractivity contribution in [3.8, 4) is 0 Å². The van der Waals surface area contributed by atoms with Crippen molar-refractivity contribution in [2.24, 2.45) is 0 Å². The molecule has 0 aliphatic carbocycles. The van der Waals surface area contributed by atoms with E-state index < -0.39 is 0 Å². The summed E-state index contributed by atoms with van der Waals surface area (Å²) in [6.07, 6.45) is 1.70. The Bertz CT molecular complexity index is 484. The van der Waals surface area contributed by atoms with Crippen LogP contribution in [-0.4, -0.2) is 14.8 Å². The highest BCUT2D eigenvalue weighted by Gasteiger charge is 2.10. The summed E-state index contributed by atoms with van der Waals surface area (Å²) in [6, 6.07) is 4.08. The van der Waals surface area contributed by atoms with Crippen LogP contribution in [0.4, 0.5) is 0 Å². The second-order valence-electron chi connectivity index (χ2n) is 2.89. The molecule has 1 unspecified atom stereocenters. The number of rotatable bonds is 2. The van der Waals surface area contributed by atoms with E-state index in [1.807, 2.05) is 16.7 Å². The second kappa shape index (κ2) is 3.84. The van der Waals surface area contributed by atoms with Gasteiger partial charge in [0.2, 0.25) is 0 Å². The van der Waals surface area contributed by atoms with E-state index in [0.717, 1.165) is 4.34 Å². The quantitative estimate of drug-likeness (QED) is 0.824. The molecule has 0 aliphatic rings. The van der Waals surface area contributed by atoms with Crippen LogP contribution in [0.3, 0.4) is 0 Å². The van der Waals surface area contributed by atoms with Crippen LogP contribution in [0.25, 0.3) is 0 Å². The van der Waals surface area contributed by atoms with Gasteiger partial charge >= 0.3 is 0 Å². The molecule has 1 atom stereocenters. The number of aromatic amines is 1. The Morgan fingerprint density at radius 2 is 2.43 bits per heavy atom. The van der Waals surface area contributed by atoms with Crippen molar-refractivity contribution in [3.05, 3.63) is 32.4 Å². The Balaban J connectivity index is 2.38. The molecule has 0 aliphatic heterocycles. The van der Waals surface area contributed by atoms with E-state index in [9.17, 15) is 0 Å². The number of nitrogens with one attached hydrogen (secondary N) is 1. The minimum atomic E-state index is 0.179. The topological polar surface area (TPSA) is 33.6 Å². The molecule has 3 nitrogen and oxygen atoms in total. The molecule has 0 aromatic carbocycles. The van der Waals surface area contributed by atoms with Crippen LogP contribution in [-0.2, 0) is 0 Å². The first-order chi connectivity index (χ1) is 6.68. The first kappa shape index (κ1) is 9.89. The maximum Gasteiger partial charge on any atom is 0.195 e. The second-order valence-corrected chi connectivity index (χ2v) is 5.02. The van der Waals surface area contributed by atoms with Crippen molar-refractivity contribution in [1.82, 2.24) is 14.8 Å². The van der Waals surface area contributed by atoms with Gasteiger partial charge in [0.25, 0.3) is 0 Å². The third kappa shape index (κ3) is 1.75. The Kier molecular flexibility index (Phi) is 2.71. The lowest BCUT2D eigenvalue weighted by Gasteiger charge is -2.09. The Morgan fingerprint density at radius 1 is 1.64 bits per heavy atom. The molecule has 6 heteroatoms. The molecule has 0 saturated heterocycles. The van der Waals surface area contributed by atoms with E-state index in [-0.39, 0.29) is 6.04 Å². The van der Waals surface area contributed by atoms with Crippen molar-refractivity contribution in [3.63, 3.8) is 0 Å². The van der Waals surface area contributed by atoms with Crippen molar-refractivity contribution < 1.29 is 0 Å². The van der Waals surface area contributed by atoms with Crippen LogP contribution >= 0.6 is 35.2 Å².